The molecule has 2 aliphatic rings. The van der Waals surface area contributed by atoms with Gasteiger partial charge < -0.3 is 4.90 Å². The zero-order valence-electron chi connectivity index (χ0n) is 14.2. The predicted molar refractivity (Wildman–Crippen MR) is 97.1 cm³/mol. The molecule has 2 fully saturated rings. The molecule has 8 heteroatoms. The van der Waals surface area contributed by atoms with Crippen molar-refractivity contribution in [2.45, 2.75) is 31.7 Å². The molecule has 0 amide bonds. The molecule has 3 aromatic heterocycles. The Labute approximate surface area is 150 Å². The Hall–Kier alpha value is -2.06. The Morgan fingerprint density at radius 2 is 1.96 bits per heavy atom. The first kappa shape index (κ1) is 15.2. The van der Waals surface area contributed by atoms with Gasteiger partial charge >= 0.3 is 0 Å². The number of hydrogen-bond acceptors (Lipinski definition) is 7. The summed E-state index contributed by atoms with van der Waals surface area (Å²) in [6, 6.07) is 4.49. The first-order valence-corrected chi connectivity index (χ1v) is 9.78. The van der Waals surface area contributed by atoms with Crippen LogP contribution in [0.1, 0.15) is 42.6 Å². The van der Waals surface area contributed by atoms with Crippen LogP contribution in [0.25, 0.3) is 5.65 Å². The van der Waals surface area contributed by atoms with Crippen LogP contribution in [0.3, 0.4) is 0 Å². The van der Waals surface area contributed by atoms with Crippen LogP contribution in [0.2, 0.25) is 0 Å². The fourth-order valence-electron chi connectivity index (χ4n) is 3.50. The van der Waals surface area contributed by atoms with E-state index in [1.165, 1.54) is 17.8 Å². The molecule has 0 bridgehead atoms. The van der Waals surface area contributed by atoms with Crippen LogP contribution in [0.5, 0.6) is 0 Å². The lowest BCUT2D eigenvalue weighted by Gasteiger charge is -2.37. The van der Waals surface area contributed by atoms with Crippen molar-refractivity contribution >= 4 is 22.8 Å². The Balaban J connectivity index is 1.32. The number of aromatic nitrogens is 5. The van der Waals surface area contributed by atoms with E-state index in [0.29, 0.717) is 12.0 Å². The minimum atomic E-state index is 0.386. The maximum atomic E-state index is 4.83. The van der Waals surface area contributed by atoms with Gasteiger partial charge in [-0.15, -0.1) is 26.6 Å². The molecular formula is C17H21N7S. The quantitative estimate of drug-likeness (QED) is 0.716. The van der Waals surface area contributed by atoms with Gasteiger partial charge in [-0.25, -0.2) is 4.98 Å². The van der Waals surface area contributed by atoms with E-state index in [4.69, 9.17) is 5.10 Å². The number of anilines is 1. The smallest absolute Gasteiger partial charge is 0.178 e. The van der Waals surface area contributed by atoms with Crippen molar-refractivity contribution in [3.8, 4) is 0 Å². The second-order valence-corrected chi connectivity index (χ2v) is 7.79. The highest BCUT2D eigenvalue weighted by molar-refractivity contribution is 7.09. The molecule has 1 unspecified atom stereocenters. The number of thiazole rings is 1. The molecule has 5 rings (SSSR count). The molecule has 0 aromatic carbocycles. The normalized spacial score (nSPS) is 20.3. The number of piperazine rings is 1. The maximum Gasteiger partial charge on any atom is 0.178 e. The van der Waals surface area contributed by atoms with Crippen molar-refractivity contribution in [1.29, 1.82) is 0 Å². The van der Waals surface area contributed by atoms with Crippen LogP contribution in [0.4, 0.5) is 5.82 Å². The average molecular weight is 355 g/mol. The summed E-state index contributed by atoms with van der Waals surface area (Å²) in [7, 11) is 0. The van der Waals surface area contributed by atoms with Crippen molar-refractivity contribution in [3.63, 3.8) is 0 Å². The Bertz CT molecular complexity index is 862. The van der Waals surface area contributed by atoms with E-state index < -0.39 is 0 Å². The molecule has 1 saturated carbocycles. The number of hydrogen-bond donors (Lipinski definition) is 0. The number of fused-ring (bicyclic) bond motifs is 1. The second kappa shape index (κ2) is 6.03. The van der Waals surface area contributed by atoms with Gasteiger partial charge in [0.25, 0.3) is 0 Å². The van der Waals surface area contributed by atoms with Gasteiger partial charge in [-0.1, -0.05) is 0 Å². The summed E-state index contributed by atoms with van der Waals surface area (Å²) in [4.78, 5) is 9.33. The van der Waals surface area contributed by atoms with Gasteiger partial charge in [-0.2, -0.15) is 4.52 Å². The highest BCUT2D eigenvalue weighted by atomic mass is 32.1. The van der Waals surface area contributed by atoms with Crippen LogP contribution >= 0.6 is 11.3 Å². The highest BCUT2D eigenvalue weighted by Gasteiger charge is 2.30. The SMILES string of the molecule is CC(c1nccs1)N1CCN(c2ccc3nnc(C4CC4)n3n2)CC1. The van der Waals surface area contributed by atoms with Gasteiger partial charge in [0.2, 0.25) is 0 Å². The van der Waals surface area contributed by atoms with Gasteiger partial charge in [0.05, 0.1) is 6.04 Å². The van der Waals surface area contributed by atoms with Gasteiger partial charge in [0, 0.05) is 43.7 Å². The first-order chi connectivity index (χ1) is 12.3. The molecule has 4 heterocycles. The molecule has 7 nitrogen and oxygen atoms in total. The number of rotatable bonds is 4. The fraction of sp³-hybridized carbons (Fsp3) is 0.529. The van der Waals surface area contributed by atoms with Gasteiger partial charge in [0.1, 0.15) is 10.8 Å². The van der Waals surface area contributed by atoms with Crippen molar-refractivity contribution in [3.05, 3.63) is 34.5 Å². The third-order valence-electron chi connectivity index (χ3n) is 5.21. The second-order valence-electron chi connectivity index (χ2n) is 6.86. The van der Waals surface area contributed by atoms with E-state index in [1.807, 2.05) is 16.8 Å². The zero-order chi connectivity index (χ0) is 16.8. The predicted octanol–water partition coefficient (Wildman–Crippen LogP) is 2.34. The lowest BCUT2D eigenvalue weighted by molar-refractivity contribution is 0.197. The summed E-state index contributed by atoms with van der Waals surface area (Å²) in [6.45, 7) is 6.26. The summed E-state index contributed by atoms with van der Waals surface area (Å²) in [5.74, 6) is 2.59. The van der Waals surface area contributed by atoms with Gasteiger partial charge in [-0.05, 0) is 31.9 Å². The average Bonchev–Trinajstić information content (AvgIpc) is 3.19. The van der Waals surface area contributed by atoms with Crippen molar-refractivity contribution in [2.75, 3.05) is 31.1 Å². The molecule has 1 aliphatic carbocycles. The molecular weight excluding hydrogens is 334 g/mol. The summed E-state index contributed by atoms with van der Waals surface area (Å²) in [5, 5.41) is 16.7. The zero-order valence-corrected chi connectivity index (χ0v) is 15.1. The molecule has 130 valence electrons. The van der Waals surface area contributed by atoms with Gasteiger partial charge in [0.15, 0.2) is 11.5 Å². The molecule has 1 atom stereocenters. The summed E-state index contributed by atoms with van der Waals surface area (Å²) >= 11 is 1.74. The molecule has 0 N–H and O–H groups in total. The molecule has 0 spiro atoms. The van der Waals surface area contributed by atoms with Crippen molar-refractivity contribution in [2.24, 2.45) is 0 Å². The first-order valence-electron chi connectivity index (χ1n) is 8.90. The van der Waals surface area contributed by atoms with E-state index in [1.54, 1.807) is 11.3 Å². The van der Waals surface area contributed by atoms with E-state index in [2.05, 4.69) is 43.4 Å². The summed E-state index contributed by atoms with van der Waals surface area (Å²) in [5.41, 5.74) is 0.849. The van der Waals surface area contributed by atoms with Crippen molar-refractivity contribution < 1.29 is 0 Å². The fourth-order valence-corrected chi connectivity index (χ4v) is 4.22. The Kier molecular flexibility index (Phi) is 3.67. The summed E-state index contributed by atoms with van der Waals surface area (Å²) < 4.78 is 1.94. The molecule has 1 aliphatic heterocycles. The monoisotopic (exact) mass is 355 g/mol. The van der Waals surface area contributed by atoms with Gasteiger partial charge in [-0.3, -0.25) is 4.90 Å². The number of nitrogens with zero attached hydrogens (tertiary/aromatic N) is 7. The van der Waals surface area contributed by atoms with Crippen LogP contribution in [-0.2, 0) is 0 Å². The van der Waals surface area contributed by atoms with Crippen LogP contribution < -0.4 is 4.90 Å². The van der Waals surface area contributed by atoms with Crippen LogP contribution in [0, 0.1) is 0 Å². The third kappa shape index (κ3) is 2.79. The maximum absolute atomic E-state index is 4.83. The van der Waals surface area contributed by atoms with Crippen LogP contribution in [-0.4, -0.2) is 55.9 Å². The lowest BCUT2D eigenvalue weighted by atomic mass is 10.2. The molecule has 3 aromatic rings. The Morgan fingerprint density at radius 1 is 1.12 bits per heavy atom. The van der Waals surface area contributed by atoms with E-state index >= 15 is 0 Å². The summed E-state index contributed by atoms with van der Waals surface area (Å²) in [6.07, 6.45) is 4.31. The van der Waals surface area contributed by atoms with Crippen LogP contribution in [0.15, 0.2) is 23.7 Å². The Morgan fingerprint density at radius 3 is 2.68 bits per heavy atom. The van der Waals surface area contributed by atoms with E-state index in [9.17, 15) is 0 Å². The van der Waals surface area contributed by atoms with E-state index in [0.717, 1.165) is 43.5 Å². The highest BCUT2D eigenvalue weighted by Crippen LogP contribution is 2.38. The lowest BCUT2D eigenvalue weighted by Crippen LogP contribution is -2.47. The topological polar surface area (TPSA) is 62.5 Å². The third-order valence-corrected chi connectivity index (χ3v) is 6.16. The van der Waals surface area contributed by atoms with Crippen molar-refractivity contribution in [1.82, 2.24) is 29.7 Å². The molecule has 25 heavy (non-hydrogen) atoms. The largest absolute Gasteiger partial charge is 0.353 e. The van der Waals surface area contributed by atoms with E-state index in [-0.39, 0.29) is 0 Å². The standard InChI is InChI=1S/C17H21N7S/c1-12(17-18-6-11-25-17)22-7-9-23(10-8-22)15-5-4-14-19-20-16(13-2-3-13)24(14)21-15/h4-6,11-13H,2-3,7-10H2,1H3. The minimum Gasteiger partial charge on any atom is -0.353 e. The minimum absolute atomic E-state index is 0.386. The molecule has 0 radical (unpaired) electrons. The molecule has 1 saturated heterocycles.